The molecule has 1 saturated heterocycles. The van der Waals surface area contributed by atoms with Crippen LogP contribution < -0.4 is 10.5 Å². The third kappa shape index (κ3) is 3.71. The molecule has 7 nitrogen and oxygen atoms in total. The Kier molecular flexibility index (Phi) is 4.78. The van der Waals surface area contributed by atoms with Crippen LogP contribution in [0.3, 0.4) is 0 Å². The van der Waals surface area contributed by atoms with Crippen LogP contribution in [0.25, 0.3) is 0 Å². The number of ether oxygens (including phenoxy) is 2. The van der Waals surface area contributed by atoms with Gasteiger partial charge in [0.05, 0.1) is 6.10 Å². The van der Waals surface area contributed by atoms with Gasteiger partial charge in [-0.05, 0) is 13.0 Å². The molecule has 0 aliphatic carbocycles. The molecule has 0 saturated carbocycles. The van der Waals surface area contributed by atoms with Crippen LogP contribution in [-0.2, 0) is 15.7 Å². The Labute approximate surface area is 128 Å². The maximum absolute atomic E-state index is 12.6. The second-order valence-electron chi connectivity index (χ2n) is 5.09. The number of rotatable bonds is 3. The van der Waals surface area contributed by atoms with Gasteiger partial charge in [0.1, 0.15) is 17.9 Å². The third-order valence-corrected chi connectivity index (χ3v) is 3.38. The number of hydrogen-bond donors (Lipinski definition) is 3. The van der Waals surface area contributed by atoms with Crippen molar-refractivity contribution in [2.24, 2.45) is 5.73 Å². The Morgan fingerprint density at radius 2 is 2.00 bits per heavy atom. The fraction of sp³-hybridized carbons (Fsp3) is 0.538. The molecule has 1 aliphatic rings. The number of nitrogens with two attached hydrogens (primary N) is 1. The predicted octanol–water partition coefficient (Wildman–Crippen LogP) is -0.158. The molecular weight excluding hydrogens is 321 g/mol. The summed E-state index contributed by atoms with van der Waals surface area (Å²) in [6, 6.07) is 2.91. The maximum Gasteiger partial charge on any atom is 0.433 e. The van der Waals surface area contributed by atoms with Crippen molar-refractivity contribution >= 4 is 5.91 Å². The van der Waals surface area contributed by atoms with Crippen LogP contribution >= 0.6 is 0 Å². The van der Waals surface area contributed by atoms with Crippen molar-refractivity contribution in [1.82, 2.24) is 4.98 Å². The molecule has 2 heterocycles. The average Bonchev–Trinajstić information content (AvgIpc) is 2.47. The highest BCUT2D eigenvalue weighted by atomic mass is 19.4. The number of alkyl halides is 3. The second kappa shape index (κ2) is 6.30. The number of halogens is 3. The Bertz CT molecular complexity index is 583. The summed E-state index contributed by atoms with van der Waals surface area (Å²) in [5.74, 6) is -1.47. The summed E-state index contributed by atoms with van der Waals surface area (Å²) in [5.41, 5.74) is 3.94. The van der Waals surface area contributed by atoms with Crippen molar-refractivity contribution in [3.8, 4) is 5.88 Å². The van der Waals surface area contributed by atoms with E-state index in [1.54, 1.807) is 0 Å². The minimum Gasteiger partial charge on any atom is -0.468 e. The number of carbonyl (C=O) groups excluding carboxylic acids is 1. The molecule has 0 bridgehead atoms. The molecule has 1 aromatic rings. The van der Waals surface area contributed by atoms with Gasteiger partial charge in [-0.3, -0.25) is 4.79 Å². The monoisotopic (exact) mass is 336 g/mol. The van der Waals surface area contributed by atoms with Crippen LogP contribution in [0.4, 0.5) is 13.2 Å². The van der Waals surface area contributed by atoms with Gasteiger partial charge in [0.2, 0.25) is 5.88 Å². The molecule has 0 radical (unpaired) electrons. The van der Waals surface area contributed by atoms with Crippen LogP contribution in [0.2, 0.25) is 0 Å². The molecule has 4 N–H and O–H groups in total. The number of nitrogens with zero attached hydrogens (tertiary/aromatic N) is 1. The van der Waals surface area contributed by atoms with Crippen molar-refractivity contribution in [2.75, 3.05) is 0 Å². The molecule has 0 aromatic carbocycles. The first-order valence-electron chi connectivity index (χ1n) is 6.63. The first-order valence-corrected chi connectivity index (χ1v) is 6.63. The standard InChI is InChI=1S/C13H15F3N2O5/c1-5-8(19)9(20)10(11(22-5)12(17)21)23-7-4-2-3-6(18-7)13(14,15)16/h2-5,8-11,19-20H,1H3,(H2,17,21)/t5-,8+,9+,10-,11+/m1/s1. The van der Waals surface area contributed by atoms with Gasteiger partial charge >= 0.3 is 6.18 Å². The SMILES string of the molecule is C[C@H]1O[C@H](C(N)=O)[C@H](Oc2cccc(C(F)(F)F)n2)[C@@H](O)[C@H]1O. The molecule has 2 rings (SSSR count). The average molecular weight is 336 g/mol. The lowest BCUT2D eigenvalue weighted by molar-refractivity contribution is -0.209. The summed E-state index contributed by atoms with van der Waals surface area (Å²) in [6.07, 6.45) is -11.5. The summed E-state index contributed by atoms with van der Waals surface area (Å²) in [7, 11) is 0. The lowest BCUT2D eigenvalue weighted by Gasteiger charge is -2.40. The highest BCUT2D eigenvalue weighted by Crippen LogP contribution is 2.30. The summed E-state index contributed by atoms with van der Waals surface area (Å²) in [5, 5.41) is 19.8. The van der Waals surface area contributed by atoms with E-state index in [1.807, 2.05) is 0 Å². The highest BCUT2D eigenvalue weighted by Gasteiger charge is 2.47. The number of pyridine rings is 1. The van der Waals surface area contributed by atoms with Gasteiger partial charge in [-0.15, -0.1) is 0 Å². The smallest absolute Gasteiger partial charge is 0.433 e. The van der Waals surface area contributed by atoms with Crippen molar-refractivity contribution in [2.45, 2.75) is 43.6 Å². The molecule has 23 heavy (non-hydrogen) atoms. The largest absolute Gasteiger partial charge is 0.468 e. The van der Waals surface area contributed by atoms with Crippen LogP contribution in [0.5, 0.6) is 5.88 Å². The van der Waals surface area contributed by atoms with E-state index >= 15 is 0 Å². The predicted molar refractivity (Wildman–Crippen MR) is 69.2 cm³/mol. The van der Waals surface area contributed by atoms with E-state index in [2.05, 4.69) is 4.98 Å². The molecule has 128 valence electrons. The number of aliphatic hydroxyl groups is 2. The fourth-order valence-corrected chi connectivity index (χ4v) is 2.18. The van der Waals surface area contributed by atoms with E-state index in [-0.39, 0.29) is 0 Å². The zero-order chi connectivity index (χ0) is 17.4. The molecule has 0 unspecified atom stereocenters. The number of carbonyl (C=O) groups is 1. The molecular formula is C13H15F3N2O5. The topological polar surface area (TPSA) is 115 Å². The van der Waals surface area contributed by atoms with E-state index in [0.29, 0.717) is 0 Å². The highest BCUT2D eigenvalue weighted by molar-refractivity contribution is 5.80. The molecule has 1 aliphatic heterocycles. The second-order valence-corrected chi connectivity index (χ2v) is 5.09. The van der Waals surface area contributed by atoms with E-state index in [4.69, 9.17) is 15.2 Å². The Morgan fingerprint density at radius 1 is 1.35 bits per heavy atom. The Hall–Kier alpha value is -1.91. The summed E-state index contributed by atoms with van der Waals surface area (Å²) in [4.78, 5) is 14.7. The third-order valence-electron chi connectivity index (χ3n) is 3.38. The van der Waals surface area contributed by atoms with Gasteiger partial charge in [-0.25, -0.2) is 4.98 Å². The quantitative estimate of drug-likeness (QED) is 0.707. The van der Waals surface area contributed by atoms with E-state index in [1.165, 1.54) is 6.92 Å². The van der Waals surface area contributed by atoms with Crippen LogP contribution in [0.1, 0.15) is 12.6 Å². The number of aromatic nitrogens is 1. The minimum absolute atomic E-state index is 0.486. The van der Waals surface area contributed by atoms with Gasteiger partial charge < -0.3 is 25.4 Å². The van der Waals surface area contributed by atoms with Crippen molar-refractivity contribution < 1.29 is 37.7 Å². The Morgan fingerprint density at radius 3 is 2.57 bits per heavy atom. The van der Waals surface area contributed by atoms with Crippen molar-refractivity contribution in [1.29, 1.82) is 0 Å². The molecule has 5 atom stereocenters. The van der Waals surface area contributed by atoms with E-state index < -0.39 is 54.2 Å². The molecule has 1 fully saturated rings. The maximum atomic E-state index is 12.6. The van der Waals surface area contributed by atoms with Gasteiger partial charge in [0.15, 0.2) is 12.2 Å². The van der Waals surface area contributed by atoms with Gasteiger partial charge in [0.25, 0.3) is 5.91 Å². The zero-order valence-electron chi connectivity index (χ0n) is 11.9. The van der Waals surface area contributed by atoms with Gasteiger partial charge in [-0.1, -0.05) is 6.07 Å². The summed E-state index contributed by atoms with van der Waals surface area (Å²) in [6.45, 7) is 1.41. The minimum atomic E-state index is -4.68. The summed E-state index contributed by atoms with van der Waals surface area (Å²) >= 11 is 0. The first kappa shape index (κ1) is 17.4. The van der Waals surface area contributed by atoms with E-state index in [9.17, 15) is 28.2 Å². The molecule has 1 aromatic heterocycles. The van der Waals surface area contributed by atoms with Crippen LogP contribution in [0.15, 0.2) is 18.2 Å². The number of aliphatic hydroxyl groups excluding tert-OH is 2. The van der Waals surface area contributed by atoms with Crippen LogP contribution in [0, 0.1) is 0 Å². The van der Waals surface area contributed by atoms with Crippen molar-refractivity contribution in [3.63, 3.8) is 0 Å². The first-order chi connectivity index (χ1) is 10.6. The van der Waals surface area contributed by atoms with Gasteiger partial charge in [-0.2, -0.15) is 13.2 Å². The fourth-order valence-electron chi connectivity index (χ4n) is 2.18. The molecule has 10 heteroatoms. The lowest BCUT2D eigenvalue weighted by atomic mass is 9.95. The zero-order valence-corrected chi connectivity index (χ0v) is 11.9. The van der Waals surface area contributed by atoms with Gasteiger partial charge in [0, 0.05) is 6.07 Å². The van der Waals surface area contributed by atoms with Crippen LogP contribution in [-0.4, -0.2) is 51.6 Å². The van der Waals surface area contributed by atoms with E-state index in [0.717, 1.165) is 18.2 Å². The summed E-state index contributed by atoms with van der Waals surface area (Å²) < 4.78 is 48.2. The normalized spacial score (nSPS) is 31.7. The number of primary amides is 1. The Balaban J connectivity index is 2.27. The lowest BCUT2D eigenvalue weighted by Crippen LogP contribution is -2.62. The number of hydrogen-bond acceptors (Lipinski definition) is 6. The molecule has 0 spiro atoms. The van der Waals surface area contributed by atoms with Crippen molar-refractivity contribution in [3.05, 3.63) is 23.9 Å². The number of amides is 1. The molecule has 1 amide bonds.